The van der Waals surface area contributed by atoms with Crippen molar-refractivity contribution in [2.45, 2.75) is 33.1 Å². The molecule has 0 spiro atoms. The number of hydrogen-bond donors (Lipinski definition) is 1. The molecule has 0 saturated carbocycles. The Morgan fingerprint density at radius 3 is 2.76 bits per heavy atom. The van der Waals surface area contributed by atoms with Crippen molar-refractivity contribution in [2.24, 2.45) is 5.92 Å². The second-order valence-corrected chi connectivity index (χ2v) is 6.02. The molecule has 0 bridgehead atoms. The first kappa shape index (κ1) is 16.0. The minimum atomic E-state index is -4.39. The lowest BCUT2D eigenvalue weighted by atomic mass is 10.0. The van der Waals surface area contributed by atoms with Gasteiger partial charge < -0.3 is 9.72 Å². The molecule has 0 saturated heterocycles. The van der Waals surface area contributed by atoms with Gasteiger partial charge >= 0.3 is 6.18 Å². The summed E-state index contributed by atoms with van der Waals surface area (Å²) in [6, 6.07) is 0. The average molecular weight is 320 g/mol. The van der Waals surface area contributed by atoms with Crippen molar-refractivity contribution < 1.29 is 17.9 Å². The number of H-pyrrole nitrogens is 1. The molecule has 4 nitrogen and oxygen atoms in total. The third kappa shape index (κ3) is 4.28. The molecule has 1 N–H and O–H groups in total. The third-order valence-corrected chi connectivity index (χ3v) is 3.62. The molecule has 0 atom stereocenters. The highest BCUT2D eigenvalue weighted by Crippen LogP contribution is 2.23. The maximum Gasteiger partial charge on any atom is 0.411 e. The summed E-state index contributed by atoms with van der Waals surface area (Å²) in [6.45, 7) is 2.36. The van der Waals surface area contributed by atoms with Gasteiger partial charge in [-0.1, -0.05) is 13.8 Å². The van der Waals surface area contributed by atoms with Crippen LogP contribution in [0.5, 0.6) is 0 Å². The standard InChI is InChI=1S/C13H15F3N2O2S/c1-7(2)3-8-5-21-12-10(8)11(19)17-9(18-12)4-20-6-13(14,15)16/h5,7H,3-4,6H2,1-2H3,(H,17,18,19). The van der Waals surface area contributed by atoms with E-state index in [1.54, 1.807) is 0 Å². The van der Waals surface area contributed by atoms with Crippen LogP contribution in [0.3, 0.4) is 0 Å². The van der Waals surface area contributed by atoms with Crippen LogP contribution in [0.1, 0.15) is 25.2 Å². The van der Waals surface area contributed by atoms with Gasteiger partial charge in [-0.05, 0) is 23.3 Å². The predicted molar refractivity (Wildman–Crippen MR) is 74.5 cm³/mol. The number of nitrogens with one attached hydrogen (secondary N) is 1. The van der Waals surface area contributed by atoms with E-state index in [1.807, 2.05) is 19.2 Å². The number of fused-ring (bicyclic) bond motifs is 1. The van der Waals surface area contributed by atoms with E-state index in [2.05, 4.69) is 14.7 Å². The van der Waals surface area contributed by atoms with Crippen LogP contribution >= 0.6 is 11.3 Å². The maximum atomic E-state index is 12.1. The topological polar surface area (TPSA) is 55.0 Å². The fourth-order valence-corrected chi connectivity index (χ4v) is 2.95. The van der Waals surface area contributed by atoms with Gasteiger partial charge in [-0.3, -0.25) is 4.79 Å². The zero-order valence-electron chi connectivity index (χ0n) is 11.6. The summed E-state index contributed by atoms with van der Waals surface area (Å²) in [7, 11) is 0. The van der Waals surface area contributed by atoms with Crippen LogP contribution in [0.25, 0.3) is 10.2 Å². The molecule has 2 aromatic rings. The number of rotatable bonds is 5. The molecule has 0 amide bonds. The first-order valence-corrected chi connectivity index (χ1v) is 7.28. The van der Waals surface area contributed by atoms with Crippen molar-refractivity contribution in [3.05, 3.63) is 27.1 Å². The van der Waals surface area contributed by atoms with Crippen LogP contribution in [-0.2, 0) is 17.8 Å². The zero-order valence-corrected chi connectivity index (χ0v) is 12.4. The van der Waals surface area contributed by atoms with E-state index in [0.717, 1.165) is 12.0 Å². The van der Waals surface area contributed by atoms with Crippen LogP contribution in [0.2, 0.25) is 0 Å². The van der Waals surface area contributed by atoms with Gasteiger partial charge in [-0.25, -0.2) is 4.98 Å². The van der Waals surface area contributed by atoms with Crippen LogP contribution in [0.15, 0.2) is 10.2 Å². The van der Waals surface area contributed by atoms with Crippen LogP contribution in [0, 0.1) is 5.92 Å². The van der Waals surface area contributed by atoms with E-state index in [-0.39, 0.29) is 18.0 Å². The summed E-state index contributed by atoms with van der Waals surface area (Å²) < 4.78 is 40.5. The fraction of sp³-hybridized carbons (Fsp3) is 0.538. The van der Waals surface area contributed by atoms with Crippen molar-refractivity contribution in [1.29, 1.82) is 0 Å². The summed E-state index contributed by atoms with van der Waals surface area (Å²) in [4.78, 5) is 19.2. The Labute approximate surface area is 123 Å². The molecule has 21 heavy (non-hydrogen) atoms. The van der Waals surface area contributed by atoms with Gasteiger partial charge in [0, 0.05) is 0 Å². The third-order valence-electron chi connectivity index (χ3n) is 2.70. The van der Waals surface area contributed by atoms with Crippen molar-refractivity contribution in [3.8, 4) is 0 Å². The molecule has 0 radical (unpaired) electrons. The largest absolute Gasteiger partial charge is 0.411 e. The molecule has 0 unspecified atom stereocenters. The van der Waals surface area contributed by atoms with Gasteiger partial charge in [0.05, 0.1) is 5.39 Å². The molecule has 116 valence electrons. The summed E-state index contributed by atoms with van der Waals surface area (Å²) in [6.07, 6.45) is -3.63. The molecule has 0 aliphatic rings. The highest BCUT2D eigenvalue weighted by atomic mass is 32.1. The summed E-state index contributed by atoms with van der Waals surface area (Å²) >= 11 is 1.31. The van der Waals surface area contributed by atoms with Gasteiger partial charge in [0.1, 0.15) is 23.9 Å². The first-order chi connectivity index (χ1) is 9.76. The number of halogens is 3. The molecule has 0 aliphatic heterocycles. The Kier molecular flexibility index (Phi) is 4.67. The summed E-state index contributed by atoms with van der Waals surface area (Å²) in [5.74, 6) is 0.506. The van der Waals surface area contributed by atoms with E-state index < -0.39 is 12.8 Å². The Morgan fingerprint density at radius 2 is 2.14 bits per heavy atom. The molecular formula is C13H15F3N2O2S. The normalized spacial score (nSPS) is 12.5. The minimum Gasteiger partial charge on any atom is -0.364 e. The number of alkyl halides is 3. The monoisotopic (exact) mass is 320 g/mol. The number of hydrogen-bond acceptors (Lipinski definition) is 4. The molecule has 8 heteroatoms. The van der Waals surface area contributed by atoms with Gasteiger partial charge in [-0.2, -0.15) is 13.2 Å². The van der Waals surface area contributed by atoms with Gasteiger partial charge in [0.2, 0.25) is 0 Å². The molecule has 2 heterocycles. The maximum absolute atomic E-state index is 12.1. The Bertz CT molecular complexity index is 676. The number of aromatic nitrogens is 2. The van der Waals surface area contributed by atoms with Gasteiger partial charge in [0.25, 0.3) is 5.56 Å². The molecular weight excluding hydrogens is 305 g/mol. The Hall–Kier alpha value is -1.41. The highest BCUT2D eigenvalue weighted by Gasteiger charge is 2.27. The quantitative estimate of drug-likeness (QED) is 0.920. The molecule has 0 aromatic carbocycles. The van der Waals surface area contributed by atoms with Gasteiger partial charge in [-0.15, -0.1) is 11.3 Å². The van der Waals surface area contributed by atoms with E-state index in [4.69, 9.17) is 0 Å². The zero-order chi connectivity index (χ0) is 15.6. The molecule has 2 aromatic heterocycles. The molecule has 0 aliphatic carbocycles. The van der Waals surface area contributed by atoms with Crippen molar-refractivity contribution in [3.63, 3.8) is 0 Å². The average Bonchev–Trinajstić information content (AvgIpc) is 2.70. The minimum absolute atomic E-state index is 0.106. The first-order valence-electron chi connectivity index (χ1n) is 6.40. The number of ether oxygens (including phenoxy) is 1. The number of nitrogens with zero attached hydrogens (tertiary/aromatic N) is 1. The lowest BCUT2D eigenvalue weighted by molar-refractivity contribution is -0.177. The SMILES string of the molecule is CC(C)Cc1csc2nc(COCC(F)(F)F)[nH]c(=O)c12. The van der Waals surface area contributed by atoms with E-state index in [0.29, 0.717) is 16.1 Å². The van der Waals surface area contributed by atoms with Crippen molar-refractivity contribution in [1.82, 2.24) is 9.97 Å². The lowest BCUT2D eigenvalue weighted by Crippen LogP contribution is -2.19. The molecule has 2 rings (SSSR count). The Morgan fingerprint density at radius 1 is 1.43 bits per heavy atom. The Balaban J connectivity index is 2.20. The number of aromatic amines is 1. The smallest absolute Gasteiger partial charge is 0.364 e. The van der Waals surface area contributed by atoms with Crippen LogP contribution in [0.4, 0.5) is 13.2 Å². The molecule has 0 fully saturated rings. The summed E-state index contributed by atoms with van der Waals surface area (Å²) in [5, 5.41) is 2.39. The van der Waals surface area contributed by atoms with Gasteiger partial charge in [0.15, 0.2) is 0 Å². The fourth-order valence-electron chi connectivity index (χ4n) is 1.97. The van der Waals surface area contributed by atoms with E-state index in [9.17, 15) is 18.0 Å². The summed E-state index contributed by atoms with van der Waals surface area (Å²) in [5.41, 5.74) is 0.587. The second kappa shape index (κ2) is 6.15. The van der Waals surface area contributed by atoms with Crippen LogP contribution < -0.4 is 5.56 Å². The van der Waals surface area contributed by atoms with Crippen LogP contribution in [-0.4, -0.2) is 22.8 Å². The predicted octanol–water partition coefficient (Wildman–Crippen LogP) is 3.26. The number of thiophene rings is 1. The second-order valence-electron chi connectivity index (χ2n) is 5.16. The lowest BCUT2D eigenvalue weighted by Gasteiger charge is -2.07. The highest BCUT2D eigenvalue weighted by molar-refractivity contribution is 7.16. The van der Waals surface area contributed by atoms with Crippen molar-refractivity contribution in [2.75, 3.05) is 6.61 Å². The van der Waals surface area contributed by atoms with Crippen molar-refractivity contribution >= 4 is 21.6 Å². The van der Waals surface area contributed by atoms with E-state index >= 15 is 0 Å². The van der Waals surface area contributed by atoms with E-state index in [1.165, 1.54) is 11.3 Å².